The van der Waals surface area contributed by atoms with E-state index < -0.39 is 9.84 Å². The van der Waals surface area contributed by atoms with Crippen LogP contribution in [0.15, 0.2) is 0 Å². The minimum Gasteiger partial charge on any atom is -0.316 e. The van der Waals surface area contributed by atoms with Crippen molar-refractivity contribution in [3.8, 4) is 0 Å². The molecule has 15 heavy (non-hydrogen) atoms. The van der Waals surface area contributed by atoms with E-state index in [4.69, 9.17) is 0 Å². The first-order chi connectivity index (χ1) is 6.95. The summed E-state index contributed by atoms with van der Waals surface area (Å²) >= 11 is 0. The molecule has 0 saturated heterocycles. The SMILES string of the molecule is CNC(CC1CCCC1)C(C)S(C)(=O)=O. The van der Waals surface area contributed by atoms with E-state index >= 15 is 0 Å². The number of hydrogen-bond donors (Lipinski definition) is 1. The highest BCUT2D eigenvalue weighted by molar-refractivity contribution is 7.91. The standard InChI is InChI=1S/C11H23NO2S/c1-9(15(3,13)14)11(12-2)8-10-6-4-5-7-10/h9-12H,4-8H2,1-3H3. The third kappa shape index (κ3) is 3.76. The fourth-order valence-electron chi connectivity index (χ4n) is 2.45. The predicted octanol–water partition coefficient (Wildman–Crippen LogP) is 1.59. The van der Waals surface area contributed by atoms with Gasteiger partial charge < -0.3 is 5.32 Å². The van der Waals surface area contributed by atoms with Crippen LogP contribution >= 0.6 is 0 Å². The average Bonchev–Trinajstić information content (AvgIpc) is 2.64. The molecule has 3 nitrogen and oxygen atoms in total. The van der Waals surface area contributed by atoms with Gasteiger partial charge in [-0.15, -0.1) is 0 Å². The Kier molecular flexibility index (Phi) is 4.59. The molecule has 0 spiro atoms. The van der Waals surface area contributed by atoms with E-state index in [1.165, 1.54) is 31.9 Å². The van der Waals surface area contributed by atoms with Crippen molar-refractivity contribution in [2.75, 3.05) is 13.3 Å². The van der Waals surface area contributed by atoms with Crippen molar-refractivity contribution in [3.05, 3.63) is 0 Å². The molecular formula is C11H23NO2S. The van der Waals surface area contributed by atoms with Gasteiger partial charge in [-0.3, -0.25) is 0 Å². The quantitative estimate of drug-likeness (QED) is 0.784. The summed E-state index contributed by atoms with van der Waals surface area (Å²) in [7, 11) is -1.06. The molecule has 90 valence electrons. The zero-order chi connectivity index (χ0) is 11.5. The molecule has 0 aromatic heterocycles. The van der Waals surface area contributed by atoms with Crippen molar-refractivity contribution in [3.63, 3.8) is 0 Å². The van der Waals surface area contributed by atoms with Gasteiger partial charge in [0.1, 0.15) is 0 Å². The molecule has 2 atom stereocenters. The zero-order valence-corrected chi connectivity index (χ0v) is 10.8. The highest BCUT2D eigenvalue weighted by Crippen LogP contribution is 2.29. The van der Waals surface area contributed by atoms with Crippen LogP contribution in [-0.2, 0) is 9.84 Å². The maximum absolute atomic E-state index is 11.5. The maximum Gasteiger partial charge on any atom is 0.151 e. The molecule has 0 aliphatic heterocycles. The van der Waals surface area contributed by atoms with Crippen LogP contribution in [0.25, 0.3) is 0 Å². The molecule has 0 amide bonds. The molecule has 1 aliphatic carbocycles. The molecule has 1 N–H and O–H groups in total. The van der Waals surface area contributed by atoms with E-state index in [1.54, 1.807) is 0 Å². The third-order valence-corrected chi connectivity index (χ3v) is 5.35. The summed E-state index contributed by atoms with van der Waals surface area (Å²) in [6.45, 7) is 1.81. The van der Waals surface area contributed by atoms with Gasteiger partial charge >= 0.3 is 0 Å². The molecule has 1 fully saturated rings. The van der Waals surface area contributed by atoms with Crippen LogP contribution in [0.1, 0.15) is 39.0 Å². The molecule has 1 rings (SSSR count). The van der Waals surface area contributed by atoms with E-state index in [-0.39, 0.29) is 11.3 Å². The Bertz CT molecular complexity index is 281. The summed E-state index contributed by atoms with van der Waals surface area (Å²) in [5.74, 6) is 0.728. The summed E-state index contributed by atoms with van der Waals surface area (Å²) in [5, 5.41) is 2.88. The topological polar surface area (TPSA) is 46.2 Å². The predicted molar refractivity (Wildman–Crippen MR) is 63.7 cm³/mol. The molecule has 4 heteroatoms. The van der Waals surface area contributed by atoms with E-state index in [0.29, 0.717) is 0 Å². The minimum atomic E-state index is -2.92. The van der Waals surface area contributed by atoms with Gasteiger partial charge in [-0.2, -0.15) is 0 Å². The fraction of sp³-hybridized carbons (Fsp3) is 1.00. The lowest BCUT2D eigenvalue weighted by Gasteiger charge is -2.24. The van der Waals surface area contributed by atoms with Crippen molar-refractivity contribution < 1.29 is 8.42 Å². The highest BCUT2D eigenvalue weighted by Gasteiger charge is 2.28. The Morgan fingerprint density at radius 1 is 1.33 bits per heavy atom. The summed E-state index contributed by atoms with van der Waals surface area (Å²) < 4.78 is 22.9. The Morgan fingerprint density at radius 3 is 2.27 bits per heavy atom. The monoisotopic (exact) mass is 233 g/mol. The second-order valence-corrected chi connectivity index (χ2v) is 7.22. The number of sulfone groups is 1. The lowest BCUT2D eigenvalue weighted by molar-refractivity contribution is 0.395. The Balaban J connectivity index is 2.54. The average molecular weight is 233 g/mol. The second kappa shape index (κ2) is 5.30. The lowest BCUT2D eigenvalue weighted by atomic mass is 9.97. The Morgan fingerprint density at radius 2 is 1.87 bits per heavy atom. The number of rotatable bonds is 5. The van der Waals surface area contributed by atoms with Crippen LogP contribution in [0, 0.1) is 5.92 Å². The molecule has 2 unspecified atom stereocenters. The van der Waals surface area contributed by atoms with Gasteiger partial charge in [0.05, 0.1) is 5.25 Å². The van der Waals surface area contributed by atoms with E-state index in [9.17, 15) is 8.42 Å². The van der Waals surface area contributed by atoms with E-state index in [0.717, 1.165) is 12.3 Å². The molecule has 1 saturated carbocycles. The van der Waals surface area contributed by atoms with Gasteiger partial charge in [-0.1, -0.05) is 25.7 Å². The molecule has 0 aromatic rings. The largest absolute Gasteiger partial charge is 0.316 e. The van der Waals surface area contributed by atoms with Gasteiger partial charge in [-0.25, -0.2) is 8.42 Å². The third-order valence-electron chi connectivity index (χ3n) is 3.67. The first-order valence-electron chi connectivity index (χ1n) is 5.81. The maximum atomic E-state index is 11.5. The van der Waals surface area contributed by atoms with Crippen molar-refractivity contribution in [1.82, 2.24) is 5.32 Å². The molecule has 0 bridgehead atoms. The summed E-state index contributed by atoms with van der Waals surface area (Å²) in [6, 6.07) is 0.114. The van der Waals surface area contributed by atoms with Gasteiger partial charge in [0.2, 0.25) is 0 Å². The number of hydrogen-bond acceptors (Lipinski definition) is 3. The van der Waals surface area contributed by atoms with Gasteiger partial charge in [0.25, 0.3) is 0 Å². The summed E-state index contributed by atoms with van der Waals surface area (Å²) in [4.78, 5) is 0. The summed E-state index contributed by atoms with van der Waals surface area (Å²) in [6.07, 6.45) is 7.51. The van der Waals surface area contributed by atoms with Gasteiger partial charge in [0.15, 0.2) is 9.84 Å². The van der Waals surface area contributed by atoms with Crippen molar-refractivity contribution in [1.29, 1.82) is 0 Å². The normalized spacial score (nSPS) is 22.9. The van der Waals surface area contributed by atoms with Crippen LogP contribution < -0.4 is 5.32 Å². The van der Waals surface area contributed by atoms with Crippen LogP contribution in [0.3, 0.4) is 0 Å². The Labute approximate surface area is 93.6 Å². The van der Waals surface area contributed by atoms with Crippen molar-refractivity contribution in [2.24, 2.45) is 5.92 Å². The molecule has 0 radical (unpaired) electrons. The first kappa shape index (κ1) is 13.0. The van der Waals surface area contributed by atoms with Crippen molar-refractivity contribution in [2.45, 2.75) is 50.3 Å². The van der Waals surface area contributed by atoms with E-state index in [1.807, 2.05) is 14.0 Å². The number of nitrogens with one attached hydrogen (secondary N) is 1. The van der Waals surface area contributed by atoms with Crippen LogP contribution in [0.4, 0.5) is 0 Å². The van der Waals surface area contributed by atoms with Crippen LogP contribution in [0.2, 0.25) is 0 Å². The molecule has 1 aliphatic rings. The lowest BCUT2D eigenvalue weighted by Crippen LogP contribution is -2.41. The van der Waals surface area contributed by atoms with Gasteiger partial charge in [0, 0.05) is 12.3 Å². The molecular weight excluding hydrogens is 210 g/mol. The van der Waals surface area contributed by atoms with Gasteiger partial charge in [-0.05, 0) is 26.3 Å². The van der Waals surface area contributed by atoms with Crippen molar-refractivity contribution >= 4 is 9.84 Å². The van der Waals surface area contributed by atoms with Crippen LogP contribution in [-0.4, -0.2) is 33.0 Å². The fourth-order valence-corrected chi connectivity index (χ4v) is 3.29. The first-order valence-corrected chi connectivity index (χ1v) is 7.76. The second-order valence-electron chi connectivity index (χ2n) is 4.82. The van der Waals surface area contributed by atoms with E-state index in [2.05, 4.69) is 5.32 Å². The highest BCUT2D eigenvalue weighted by atomic mass is 32.2. The minimum absolute atomic E-state index is 0.114. The Hall–Kier alpha value is -0.0900. The molecule has 0 aromatic carbocycles. The van der Waals surface area contributed by atoms with Crippen LogP contribution in [0.5, 0.6) is 0 Å². The smallest absolute Gasteiger partial charge is 0.151 e. The zero-order valence-electron chi connectivity index (χ0n) is 9.99. The summed E-state index contributed by atoms with van der Waals surface area (Å²) in [5.41, 5.74) is 0. The molecule has 0 heterocycles.